The van der Waals surface area contributed by atoms with Crippen molar-refractivity contribution in [2.24, 2.45) is 0 Å². The molecule has 0 fully saturated rings. The summed E-state index contributed by atoms with van der Waals surface area (Å²) < 4.78 is 43.7. The van der Waals surface area contributed by atoms with Gasteiger partial charge in [0.05, 0.1) is 12.0 Å². The molecule has 0 saturated carbocycles. The minimum Gasteiger partial charge on any atom is -0.489 e. The van der Waals surface area contributed by atoms with Crippen LogP contribution in [0, 0.1) is 0 Å². The lowest BCUT2D eigenvalue weighted by Gasteiger charge is -2.10. The van der Waals surface area contributed by atoms with Gasteiger partial charge >= 0.3 is 12.1 Å². The number of fused-ring (bicyclic) bond motifs is 1. The van der Waals surface area contributed by atoms with Gasteiger partial charge in [-0.1, -0.05) is 49.4 Å². The Labute approximate surface area is 202 Å². The third-order valence-corrected chi connectivity index (χ3v) is 6.17. The number of hydrogen-bond donors (Lipinski definition) is 1. The first-order valence-corrected chi connectivity index (χ1v) is 11.3. The third kappa shape index (κ3) is 5.48. The predicted molar refractivity (Wildman–Crippen MR) is 131 cm³/mol. The summed E-state index contributed by atoms with van der Waals surface area (Å²) in [6.45, 7) is 4.26. The quantitative estimate of drug-likeness (QED) is 0.379. The van der Waals surface area contributed by atoms with Crippen molar-refractivity contribution in [1.29, 1.82) is 0 Å². The largest absolute Gasteiger partial charge is 0.489 e. The first kappa shape index (κ1) is 24.3. The molecule has 180 valence electrons. The molecular weight excluding hydrogens is 453 g/mol. The van der Waals surface area contributed by atoms with Crippen molar-refractivity contribution in [3.05, 3.63) is 106 Å². The summed E-state index contributed by atoms with van der Waals surface area (Å²) in [6, 6.07) is 18.6. The fraction of sp³-hybridized carbons (Fsp3) is 0.207. The monoisotopic (exact) mass is 478 g/mol. The number of allylic oxidation sites excluding steroid dienone is 2. The number of carboxylic acid groups (broad SMARTS) is 1. The van der Waals surface area contributed by atoms with Crippen LogP contribution in [-0.4, -0.2) is 11.1 Å². The topological polar surface area (TPSA) is 46.5 Å². The minimum atomic E-state index is -4.37. The van der Waals surface area contributed by atoms with E-state index < -0.39 is 17.7 Å². The van der Waals surface area contributed by atoms with Crippen molar-refractivity contribution in [2.75, 3.05) is 0 Å². The van der Waals surface area contributed by atoms with E-state index in [2.05, 4.69) is 31.2 Å². The van der Waals surface area contributed by atoms with Gasteiger partial charge in [-0.3, -0.25) is 4.79 Å². The van der Waals surface area contributed by atoms with E-state index >= 15 is 0 Å². The third-order valence-electron chi connectivity index (χ3n) is 6.17. The molecule has 35 heavy (non-hydrogen) atoms. The number of ether oxygens (including phenoxy) is 1. The van der Waals surface area contributed by atoms with E-state index in [1.165, 1.54) is 12.1 Å². The average Bonchev–Trinajstić information content (AvgIpc) is 3.08. The Balaban J connectivity index is 1.52. The van der Waals surface area contributed by atoms with Crippen molar-refractivity contribution < 1.29 is 27.8 Å². The SMILES string of the molecule is CCc1ccc2c(c1)C(CC(=O)O)=C(C)C2=Cc1ccc(COc2ccc(C(F)(F)F)cc2)cc1. The van der Waals surface area contributed by atoms with Crippen molar-refractivity contribution >= 4 is 23.2 Å². The number of alkyl halides is 3. The Morgan fingerprint density at radius 2 is 1.60 bits per heavy atom. The molecule has 3 aromatic carbocycles. The maximum atomic E-state index is 12.7. The second-order valence-electron chi connectivity index (χ2n) is 8.52. The molecule has 0 saturated heterocycles. The Bertz CT molecular complexity index is 1300. The van der Waals surface area contributed by atoms with Crippen molar-refractivity contribution in [1.82, 2.24) is 0 Å². The fourth-order valence-corrected chi connectivity index (χ4v) is 4.21. The molecule has 3 aromatic rings. The zero-order valence-corrected chi connectivity index (χ0v) is 19.4. The first-order valence-electron chi connectivity index (χ1n) is 11.3. The highest BCUT2D eigenvalue weighted by molar-refractivity contribution is 6.07. The maximum absolute atomic E-state index is 12.7. The van der Waals surface area contributed by atoms with Crippen molar-refractivity contribution in [2.45, 2.75) is 39.5 Å². The number of aryl methyl sites for hydroxylation is 1. The smallest absolute Gasteiger partial charge is 0.416 e. The van der Waals surface area contributed by atoms with Gasteiger partial charge in [0.15, 0.2) is 0 Å². The number of benzene rings is 3. The zero-order chi connectivity index (χ0) is 25.2. The van der Waals surface area contributed by atoms with Gasteiger partial charge < -0.3 is 9.84 Å². The van der Waals surface area contributed by atoms with E-state index in [1.54, 1.807) is 0 Å². The number of carboxylic acids is 1. The van der Waals surface area contributed by atoms with Crippen LogP contribution in [0.25, 0.3) is 17.2 Å². The van der Waals surface area contributed by atoms with E-state index in [0.29, 0.717) is 5.75 Å². The molecule has 3 nitrogen and oxygen atoms in total. The van der Waals surface area contributed by atoms with E-state index in [4.69, 9.17) is 4.74 Å². The lowest BCUT2D eigenvalue weighted by molar-refractivity contribution is -0.138. The molecule has 0 aliphatic heterocycles. The minimum absolute atomic E-state index is 0.0242. The van der Waals surface area contributed by atoms with Crippen LogP contribution >= 0.6 is 0 Å². The maximum Gasteiger partial charge on any atom is 0.416 e. The Kier molecular flexibility index (Phi) is 6.83. The predicted octanol–water partition coefficient (Wildman–Crippen LogP) is 7.65. The molecule has 0 unspecified atom stereocenters. The van der Waals surface area contributed by atoms with E-state index in [-0.39, 0.29) is 13.0 Å². The molecule has 1 aliphatic carbocycles. The molecule has 6 heteroatoms. The van der Waals surface area contributed by atoms with Crippen LogP contribution < -0.4 is 4.74 Å². The molecule has 0 heterocycles. The van der Waals surface area contributed by atoms with Crippen LogP contribution in [0.1, 0.15) is 53.6 Å². The van der Waals surface area contributed by atoms with Gasteiger partial charge in [0.25, 0.3) is 0 Å². The average molecular weight is 479 g/mol. The molecule has 0 radical (unpaired) electrons. The first-order chi connectivity index (χ1) is 16.7. The van der Waals surface area contributed by atoms with Crippen LogP contribution in [-0.2, 0) is 24.0 Å². The molecule has 0 aromatic heterocycles. The van der Waals surface area contributed by atoms with Gasteiger partial charge in [0.1, 0.15) is 12.4 Å². The fourth-order valence-electron chi connectivity index (χ4n) is 4.21. The van der Waals surface area contributed by atoms with Gasteiger partial charge in [0.2, 0.25) is 0 Å². The van der Waals surface area contributed by atoms with E-state index in [0.717, 1.165) is 63.1 Å². The van der Waals surface area contributed by atoms with Gasteiger partial charge in [-0.2, -0.15) is 13.2 Å². The molecule has 4 rings (SSSR count). The highest BCUT2D eigenvalue weighted by atomic mass is 19.4. The summed E-state index contributed by atoms with van der Waals surface area (Å²) in [5.41, 5.74) is 7.12. The molecule has 1 aliphatic rings. The van der Waals surface area contributed by atoms with Crippen LogP contribution in [0.15, 0.2) is 72.3 Å². The molecular formula is C29H25F3O3. The number of carbonyl (C=O) groups is 1. The van der Waals surface area contributed by atoms with Gasteiger partial charge in [-0.05, 0) is 88.2 Å². The lowest BCUT2D eigenvalue weighted by Crippen LogP contribution is -2.04. The van der Waals surface area contributed by atoms with E-state index in [9.17, 15) is 23.1 Å². The van der Waals surface area contributed by atoms with Crippen LogP contribution in [0.4, 0.5) is 13.2 Å². The Morgan fingerprint density at radius 1 is 0.943 bits per heavy atom. The van der Waals surface area contributed by atoms with Gasteiger partial charge in [-0.15, -0.1) is 0 Å². The summed E-state index contributed by atoms with van der Waals surface area (Å²) >= 11 is 0. The molecule has 0 bridgehead atoms. The number of aliphatic carboxylic acids is 1. The Hall–Kier alpha value is -3.80. The molecule has 0 atom stereocenters. The molecule has 1 N–H and O–H groups in total. The summed E-state index contributed by atoms with van der Waals surface area (Å²) in [5, 5.41) is 9.42. The van der Waals surface area contributed by atoms with Crippen LogP contribution in [0.2, 0.25) is 0 Å². The van der Waals surface area contributed by atoms with Gasteiger partial charge in [0, 0.05) is 0 Å². The summed E-state index contributed by atoms with van der Waals surface area (Å²) in [7, 11) is 0. The summed E-state index contributed by atoms with van der Waals surface area (Å²) in [4.78, 5) is 11.5. The normalized spacial score (nSPS) is 14.4. The van der Waals surface area contributed by atoms with Crippen molar-refractivity contribution in [3.8, 4) is 5.75 Å². The van der Waals surface area contributed by atoms with Crippen LogP contribution in [0.5, 0.6) is 5.75 Å². The summed E-state index contributed by atoms with van der Waals surface area (Å²) in [6.07, 6.45) is -1.47. The lowest BCUT2D eigenvalue weighted by atomic mass is 9.97. The van der Waals surface area contributed by atoms with Gasteiger partial charge in [-0.25, -0.2) is 0 Å². The highest BCUT2D eigenvalue weighted by Crippen LogP contribution is 2.44. The van der Waals surface area contributed by atoms with Crippen molar-refractivity contribution in [3.63, 3.8) is 0 Å². The second-order valence-corrected chi connectivity index (χ2v) is 8.52. The zero-order valence-electron chi connectivity index (χ0n) is 19.4. The number of hydrogen-bond acceptors (Lipinski definition) is 2. The van der Waals surface area contributed by atoms with Crippen LogP contribution in [0.3, 0.4) is 0 Å². The molecule has 0 spiro atoms. The highest BCUT2D eigenvalue weighted by Gasteiger charge is 2.30. The second kappa shape index (κ2) is 9.82. The molecule has 0 amide bonds. The standard InChI is InChI=1S/C29H25F3O3/c1-3-19-8-13-24-25(18(2)26(16-28(33)34)27(24)14-19)15-20-4-6-21(7-5-20)17-35-23-11-9-22(10-12-23)29(30,31)32/h4-15H,3,16-17H2,1-2H3,(H,33,34). The summed E-state index contributed by atoms with van der Waals surface area (Å²) in [5.74, 6) is -0.490. The number of rotatable bonds is 7. The number of halogens is 3. The van der Waals surface area contributed by atoms with E-state index in [1.807, 2.05) is 31.2 Å². The Morgan fingerprint density at radius 3 is 2.20 bits per heavy atom.